The summed E-state index contributed by atoms with van der Waals surface area (Å²) in [5.41, 5.74) is 0. The molecule has 15 heavy (non-hydrogen) atoms. The van der Waals surface area contributed by atoms with E-state index in [0.29, 0.717) is 12.3 Å². The minimum absolute atomic E-state index is 0.167. The molecule has 0 aromatic heterocycles. The number of nitrogens with one attached hydrogen (secondary N) is 1. The lowest BCUT2D eigenvalue weighted by atomic mass is 10.1. The normalized spacial score (nSPS) is 19.9. The summed E-state index contributed by atoms with van der Waals surface area (Å²) in [7, 11) is 0. The Morgan fingerprint density at radius 2 is 2.00 bits per heavy atom. The maximum Gasteiger partial charge on any atom is 0.219 e. The molecule has 1 unspecified atom stereocenters. The molecule has 0 aromatic rings. The van der Waals surface area contributed by atoms with Gasteiger partial charge in [-0.25, -0.2) is 0 Å². The van der Waals surface area contributed by atoms with Gasteiger partial charge in [0.2, 0.25) is 5.91 Å². The fraction of sp³-hybridized carbons (Fsp3) is 0.917. The van der Waals surface area contributed by atoms with E-state index in [2.05, 4.69) is 17.1 Å². The molecule has 0 radical (unpaired) electrons. The summed E-state index contributed by atoms with van der Waals surface area (Å²) in [6.07, 6.45) is 4.66. The highest BCUT2D eigenvalue weighted by Gasteiger charge is 2.13. The van der Waals surface area contributed by atoms with E-state index in [9.17, 15) is 4.79 Å². The van der Waals surface area contributed by atoms with Gasteiger partial charge in [0.15, 0.2) is 0 Å². The predicted molar refractivity (Wildman–Crippen MR) is 62.8 cm³/mol. The summed E-state index contributed by atoms with van der Waals surface area (Å²) in [4.78, 5) is 13.6. The quantitative estimate of drug-likeness (QED) is 0.751. The van der Waals surface area contributed by atoms with Crippen LogP contribution in [-0.4, -0.2) is 37.0 Å². The number of rotatable bonds is 5. The van der Waals surface area contributed by atoms with Crippen LogP contribution >= 0.6 is 0 Å². The van der Waals surface area contributed by atoms with E-state index < -0.39 is 0 Å². The zero-order chi connectivity index (χ0) is 11.1. The van der Waals surface area contributed by atoms with Crippen LogP contribution in [0.2, 0.25) is 0 Å². The van der Waals surface area contributed by atoms with Gasteiger partial charge in [-0.15, -0.1) is 0 Å². The Hall–Kier alpha value is -0.570. The van der Waals surface area contributed by atoms with Crippen LogP contribution in [0.4, 0.5) is 0 Å². The summed E-state index contributed by atoms with van der Waals surface area (Å²) < 4.78 is 0. The zero-order valence-electron chi connectivity index (χ0n) is 10.1. The van der Waals surface area contributed by atoms with Gasteiger partial charge in [-0.3, -0.25) is 4.79 Å². The fourth-order valence-corrected chi connectivity index (χ4v) is 2.06. The van der Waals surface area contributed by atoms with Crippen LogP contribution in [0.15, 0.2) is 0 Å². The minimum Gasteiger partial charge on any atom is -0.356 e. The molecule has 88 valence electrons. The van der Waals surface area contributed by atoms with Crippen LogP contribution in [0.25, 0.3) is 0 Å². The van der Waals surface area contributed by atoms with Crippen LogP contribution in [0.5, 0.6) is 0 Å². The van der Waals surface area contributed by atoms with Crippen molar-refractivity contribution in [1.29, 1.82) is 0 Å². The molecule has 1 aliphatic heterocycles. The monoisotopic (exact) mass is 212 g/mol. The number of nitrogens with zero attached hydrogens (tertiary/aromatic N) is 1. The Bertz CT molecular complexity index is 188. The van der Waals surface area contributed by atoms with E-state index in [4.69, 9.17) is 0 Å². The molecule has 1 N–H and O–H groups in total. The first kappa shape index (κ1) is 12.5. The van der Waals surface area contributed by atoms with Gasteiger partial charge in [-0.05, 0) is 31.8 Å². The first-order valence-corrected chi connectivity index (χ1v) is 6.21. The third-order valence-electron chi connectivity index (χ3n) is 2.99. The van der Waals surface area contributed by atoms with Crippen LogP contribution in [0.1, 0.15) is 39.5 Å². The second kappa shape index (κ2) is 6.83. The zero-order valence-corrected chi connectivity index (χ0v) is 10.1. The number of amides is 1. The van der Waals surface area contributed by atoms with Crippen molar-refractivity contribution >= 4 is 5.91 Å². The van der Waals surface area contributed by atoms with E-state index in [-0.39, 0.29) is 5.91 Å². The van der Waals surface area contributed by atoms with Crippen molar-refractivity contribution in [3.8, 4) is 0 Å². The Balaban J connectivity index is 2.11. The van der Waals surface area contributed by atoms with Crippen molar-refractivity contribution < 1.29 is 4.79 Å². The molecule has 0 bridgehead atoms. The molecular weight excluding hydrogens is 188 g/mol. The van der Waals surface area contributed by atoms with E-state index in [0.717, 1.165) is 13.1 Å². The average molecular weight is 212 g/mol. The molecule has 3 nitrogen and oxygen atoms in total. The minimum atomic E-state index is 0.167. The largest absolute Gasteiger partial charge is 0.356 e. The smallest absolute Gasteiger partial charge is 0.219 e. The van der Waals surface area contributed by atoms with Gasteiger partial charge in [0.25, 0.3) is 0 Å². The summed E-state index contributed by atoms with van der Waals surface area (Å²) in [5, 5.41) is 2.96. The number of carbonyl (C=O) groups is 1. The molecule has 1 amide bonds. The van der Waals surface area contributed by atoms with Crippen LogP contribution < -0.4 is 5.32 Å². The van der Waals surface area contributed by atoms with Crippen molar-refractivity contribution in [3.05, 3.63) is 0 Å². The van der Waals surface area contributed by atoms with Gasteiger partial charge < -0.3 is 10.2 Å². The van der Waals surface area contributed by atoms with Gasteiger partial charge in [0, 0.05) is 19.5 Å². The Morgan fingerprint density at radius 3 is 2.60 bits per heavy atom. The average Bonchev–Trinajstić information content (AvgIpc) is 2.27. The summed E-state index contributed by atoms with van der Waals surface area (Å²) >= 11 is 0. The lowest BCUT2D eigenvalue weighted by molar-refractivity contribution is -0.120. The molecule has 3 heteroatoms. The SMILES string of the molecule is CCC(=O)NCC(C)CN1CCCCC1. The topological polar surface area (TPSA) is 32.3 Å². The second-order valence-corrected chi connectivity index (χ2v) is 4.62. The van der Waals surface area contributed by atoms with E-state index >= 15 is 0 Å². The number of carbonyl (C=O) groups excluding carboxylic acids is 1. The van der Waals surface area contributed by atoms with Gasteiger partial charge in [-0.2, -0.15) is 0 Å². The molecule has 1 aliphatic rings. The van der Waals surface area contributed by atoms with Gasteiger partial charge >= 0.3 is 0 Å². The van der Waals surface area contributed by atoms with Crippen molar-refractivity contribution in [3.63, 3.8) is 0 Å². The number of hydrogen-bond donors (Lipinski definition) is 1. The number of hydrogen-bond acceptors (Lipinski definition) is 2. The maximum absolute atomic E-state index is 11.1. The van der Waals surface area contributed by atoms with Crippen LogP contribution in [0.3, 0.4) is 0 Å². The highest BCUT2D eigenvalue weighted by Crippen LogP contribution is 2.10. The third-order valence-corrected chi connectivity index (χ3v) is 2.99. The third kappa shape index (κ3) is 5.17. The molecule has 1 atom stereocenters. The van der Waals surface area contributed by atoms with Crippen LogP contribution in [0, 0.1) is 5.92 Å². The Morgan fingerprint density at radius 1 is 1.33 bits per heavy atom. The van der Waals surface area contributed by atoms with Gasteiger partial charge in [0.05, 0.1) is 0 Å². The summed E-state index contributed by atoms with van der Waals surface area (Å²) in [6, 6.07) is 0. The second-order valence-electron chi connectivity index (χ2n) is 4.62. The summed E-state index contributed by atoms with van der Waals surface area (Å²) in [5.74, 6) is 0.735. The number of piperidine rings is 1. The molecule has 0 aliphatic carbocycles. The van der Waals surface area contributed by atoms with E-state index in [1.54, 1.807) is 0 Å². The molecule has 1 saturated heterocycles. The highest BCUT2D eigenvalue weighted by molar-refractivity contribution is 5.75. The standard InChI is InChI=1S/C12H24N2O/c1-3-12(15)13-9-11(2)10-14-7-5-4-6-8-14/h11H,3-10H2,1-2H3,(H,13,15). The molecular formula is C12H24N2O. The van der Waals surface area contributed by atoms with Gasteiger partial charge in [0.1, 0.15) is 0 Å². The lowest BCUT2D eigenvalue weighted by Gasteiger charge is -2.29. The first-order chi connectivity index (χ1) is 7.22. The van der Waals surface area contributed by atoms with Crippen LogP contribution in [-0.2, 0) is 4.79 Å². The molecule has 1 fully saturated rings. The number of likely N-dealkylation sites (tertiary alicyclic amines) is 1. The van der Waals surface area contributed by atoms with Crippen molar-refractivity contribution in [1.82, 2.24) is 10.2 Å². The van der Waals surface area contributed by atoms with Gasteiger partial charge in [-0.1, -0.05) is 20.3 Å². The maximum atomic E-state index is 11.1. The molecule has 0 spiro atoms. The lowest BCUT2D eigenvalue weighted by Crippen LogP contribution is -2.37. The van der Waals surface area contributed by atoms with Crippen molar-refractivity contribution in [2.24, 2.45) is 5.92 Å². The van der Waals surface area contributed by atoms with E-state index in [1.807, 2.05) is 6.92 Å². The van der Waals surface area contributed by atoms with E-state index in [1.165, 1.54) is 32.4 Å². The predicted octanol–water partition coefficient (Wildman–Crippen LogP) is 1.63. The molecule has 1 rings (SSSR count). The molecule has 1 heterocycles. The molecule has 0 saturated carbocycles. The van der Waals surface area contributed by atoms with Crippen molar-refractivity contribution in [2.75, 3.05) is 26.2 Å². The molecule has 0 aromatic carbocycles. The van der Waals surface area contributed by atoms with Crippen molar-refractivity contribution in [2.45, 2.75) is 39.5 Å². The first-order valence-electron chi connectivity index (χ1n) is 6.21. The Kier molecular flexibility index (Phi) is 5.69. The highest BCUT2D eigenvalue weighted by atomic mass is 16.1. The fourth-order valence-electron chi connectivity index (χ4n) is 2.06. The summed E-state index contributed by atoms with van der Waals surface area (Å²) in [6.45, 7) is 8.54. The Labute approximate surface area is 93.2 Å².